The lowest BCUT2D eigenvalue weighted by Crippen LogP contribution is -2.40. The molecule has 0 radical (unpaired) electrons. The number of halogens is 1. The predicted molar refractivity (Wildman–Crippen MR) is 93.9 cm³/mol. The number of carbonyl (C=O) groups is 2. The lowest BCUT2D eigenvalue weighted by molar-refractivity contribution is 0.0893. The van der Waals surface area contributed by atoms with Crippen LogP contribution >= 0.6 is 11.6 Å². The quantitative estimate of drug-likeness (QED) is 0.619. The third-order valence-electron chi connectivity index (χ3n) is 4.95. The van der Waals surface area contributed by atoms with Crippen molar-refractivity contribution in [2.75, 3.05) is 4.90 Å². The number of hydrogen-bond acceptors (Lipinski definition) is 2. The van der Waals surface area contributed by atoms with E-state index >= 15 is 0 Å². The molecule has 2 aliphatic rings. The molecule has 2 amide bonds. The topological polar surface area (TPSA) is 37.4 Å². The second kappa shape index (κ2) is 4.68. The molecule has 0 aromatic heterocycles. The van der Waals surface area contributed by atoms with Crippen LogP contribution in [0.3, 0.4) is 0 Å². The summed E-state index contributed by atoms with van der Waals surface area (Å²) in [6, 6.07) is 14.5. The molecule has 1 aliphatic heterocycles. The number of imide groups is 1. The van der Waals surface area contributed by atoms with Crippen LogP contribution in [0.5, 0.6) is 0 Å². The molecule has 0 bridgehead atoms. The fraction of sp³-hybridized carbons (Fsp3) is 0.100. The van der Waals surface area contributed by atoms with E-state index in [1.54, 1.807) is 24.3 Å². The zero-order chi connectivity index (χ0) is 16.4. The van der Waals surface area contributed by atoms with Crippen LogP contribution in [0.15, 0.2) is 48.5 Å². The number of carbonyl (C=O) groups excluding carboxylic acids is 2. The summed E-state index contributed by atoms with van der Waals surface area (Å²) in [5.41, 5.74) is 4.19. The Morgan fingerprint density at radius 2 is 1.25 bits per heavy atom. The highest BCUT2D eigenvalue weighted by Gasteiger charge is 2.35. The maximum Gasteiger partial charge on any atom is 0.265 e. The summed E-state index contributed by atoms with van der Waals surface area (Å²) in [4.78, 5) is 27.3. The molecular weight excluding hydrogens is 322 g/mol. The van der Waals surface area contributed by atoms with Gasteiger partial charge in [0.1, 0.15) is 0 Å². The zero-order valence-electron chi connectivity index (χ0n) is 12.7. The van der Waals surface area contributed by atoms with Crippen LogP contribution in [0.4, 0.5) is 5.69 Å². The van der Waals surface area contributed by atoms with Crippen LogP contribution < -0.4 is 4.90 Å². The van der Waals surface area contributed by atoms with E-state index in [1.165, 1.54) is 16.0 Å². The number of anilines is 1. The van der Waals surface area contributed by atoms with Gasteiger partial charge in [0.15, 0.2) is 0 Å². The van der Waals surface area contributed by atoms with Crippen molar-refractivity contribution in [1.82, 2.24) is 0 Å². The van der Waals surface area contributed by atoms with Crippen molar-refractivity contribution in [2.45, 2.75) is 12.8 Å². The van der Waals surface area contributed by atoms with E-state index in [9.17, 15) is 9.59 Å². The molecule has 1 heterocycles. The minimum absolute atomic E-state index is 0.273. The van der Waals surface area contributed by atoms with E-state index in [1.807, 2.05) is 24.3 Å². The Labute approximate surface area is 143 Å². The third kappa shape index (κ3) is 1.68. The minimum atomic E-state index is -0.273. The monoisotopic (exact) mass is 333 g/mol. The largest absolute Gasteiger partial charge is 0.268 e. The Bertz CT molecular complexity index is 995. The molecule has 0 spiro atoms. The Hall–Kier alpha value is -2.65. The maximum absolute atomic E-state index is 13.0. The van der Waals surface area contributed by atoms with Gasteiger partial charge >= 0.3 is 0 Å². The standard InChI is InChI=1S/C20H12ClNO2/c21-13-5-7-14(8-6-13)22-19(23)15-9-3-11-1-2-12-4-10-16(20(22)24)18(15)17(11)12/h3-10H,1-2H2. The van der Waals surface area contributed by atoms with Crippen LogP contribution in [-0.4, -0.2) is 11.8 Å². The predicted octanol–water partition coefficient (Wildman–Crippen LogP) is 4.39. The molecule has 0 saturated carbocycles. The van der Waals surface area contributed by atoms with Gasteiger partial charge in [0, 0.05) is 21.5 Å². The summed E-state index contributed by atoms with van der Waals surface area (Å²) in [5.74, 6) is -0.546. The van der Waals surface area contributed by atoms with E-state index in [0.717, 1.165) is 23.6 Å². The molecule has 0 unspecified atom stereocenters. The summed E-state index contributed by atoms with van der Waals surface area (Å²) in [6.07, 6.45) is 1.94. The number of aryl methyl sites for hydroxylation is 2. The van der Waals surface area contributed by atoms with Gasteiger partial charge in [-0.2, -0.15) is 0 Å². The van der Waals surface area contributed by atoms with Gasteiger partial charge < -0.3 is 0 Å². The van der Waals surface area contributed by atoms with Crippen molar-refractivity contribution in [3.63, 3.8) is 0 Å². The van der Waals surface area contributed by atoms with E-state index in [0.29, 0.717) is 21.8 Å². The second-order valence-electron chi connectivity index (χ2n) is 6.22. The Morgan fingerprint density at radius 1 is 0.708 bits per heavy atom. The van der Waals surface area contributed by atoms with Crippen LogP contribution in [0.2, 0.25) is 5.02 Å². The van der Waals surface area contributed by atoms with Gasteiger partial charge in [0.25, 0.3) is 11.8 Å². The Morgan fingerprint density at radius 3 is 1.79 bits per heavy atom. The average Bonchev–Trinajstić information content (AvgIpc) is 3.01. The fourth-order valence-electron chi connectivity index (χ4n) is 3.84. The summed E-state index contributed by atoms with van der Waals surface area (Å²) in [5, 5.41) is 2.49. The SMILES string of the molecule is O=C1c2ccc3c4c(ccc(c24)C(=O)N1c1ccc(Cl)cc1)CC3. The minimum Gasteiger partial charge on any atom is -0.268 e. The summed E-state index contributed by atoms with van der Waals surface area (Å²) < 4.78 is 0. The smallest absolute Gasteiger partial charge is 0.265 e. The van der Waals surface area contributed by atoms with Gasteiger partial charge in [-0.25, -0.2) is 4.90 Å². The normalized spacial score (nSPS) is 15.5. The van der Waals surface area contributed by atoms with Crippen LogP contribution in [0.1, 0.15) is 31.8 Å². The molecule has 0 fully saturated rings. The molecular formula is C20H12ClNO2. The highest BCUT2D eigenvalue weighted by Crippen LogP contribution is 2.39. The first-order chi connectivity index (χ1) is 11.6. The van der Waals surface area contributed by atoms with Gasteiger partial charge in [-0.05, 0) is 65.8 Å². The molecule has 0 atom stereocenters. The molecule has 3 aromatic rings. The molecule has 3 nitrogen and oxygen atoms in total. The van der Waals surface area contributed by atoms with Crippen molar-refractivity contribution in [3.05, 3.63) is 75.8 Å². The molecule has 1 aliphatic carbocycles. The van der Waals surface area contributed by atoms with Crippen molar-refractivity contribution in [1.29, 1.82) is 0 Å². The molecule has 0 saturated heterocycles. The van der Waals surface area contributed by atoms with Gasteiger partial charge in [-0.1, -0.05) is 23.7 Å². The van der Waals surface area contributed by atoms with E-state index in [2.05, 4.69) is 0 Å². The molecule has 5 rings (SSSR count). The fourth-order valence-corrected chi connectivity index (χ4v) is 3.97. The number of rotatable bonds is 1. The lowest BCUT2D eigenvalue weighted by Gasteiger charge is -2.27. The van der Waals surface area contributed by atoms with E-state index < -0.39 is 0 Å². The van der Waals surface area contributed by atoms with E-state index in [4.69, 9.17) is 11.6 Å². The van der Waals surface area contributed by atoms with Crippen LogP contribution in [0.25, 0.3) is 10.8 Å². The van der Waals surface area contributed by atoms with Gasteiger partial charge in [0.05, 0.1) is 5.69 Å². The molecule has 116 valence electrons. The first-order valence-electron chi connectivity index (χ1n) is 7.87. The maximum atomic E-state index is 13.0. The van der Waals surface area contributed by atoms with Gasteiger partial charge in [0.2, 0.25) is 0 Å². The number of nitrogens with zero attached hydrogens (tertiary/aromatic N) is 1. The molecule has 0 N–H and O–H groups in total. The van der Waals surface area contributed by atoms with Crippen molar-refractivity contribution >= 4 is 39.9 Å². The highest BCUT2D eigenvalue weighted by molar-refractivity contribution is 6.36. The Kier molecular flexibility index (Phi) is 2.68. The van der Waals surface area contributed by atoms with Crippen molar-refractivity contribution in [3.8, 4) is 0 Å². The van der Waals surface area contributed by atoms with Crippen LogP contribution in [0, 0.1) is 0 Å². The van der Waals surface area contributed by atoms with Gasteiger partial charge in [-0.15, -0.1) is 0 Å². The molecule has 3 aromatic carbocycles. The summed E-state index contributed by atoms with van der Waals surface area (Å²) in [7, 11) is 0. The first-order valence-corrected chi connectivity index (χ1v) is 8.25. The molecule has 24 heavy (non-hydrogen) atoms. The first kappa shape index (κ1) is 13.8. The zero-order valence-corrected chi connectivity index (χ0v) is 13.4. The third-order valence-corrected chi connectivity index (χ3v) is 5.20. The summed E-state index contributed by atoms with van der Waals surface area (Å²) in [6.45, 7) is 0. The Balaban J connectivity index is 1.79. The van der Waals surface area contributed by atoms with Gasteiger partial charge in [-0.3, -0.25) is 9.59 Å². The van der Waals surface area contributed by atoms with Crippen LogP contribution in [-0.2, 0) is 12.8 Å². The van der Waals surface area contributed by atoms with Crippen molar-refractivity contribution < 1.29 is 9.59 Å². The van der Waals surface area contributed by atoms with Crippen molar-refractivity contribution in [2.24, 2.45) is 0 Å². The number of amides is 2. The highest BCUT2D eigenvalue weighted by atomic mass is 35.5. The average molecular weight is 334 g/mol. The number of hydrogen-bond donors (Lipinski definition) is 0. The second-order valence-corrected chi connectivity index (χ2v) is 6.65. The molecule has 4 heteroatoms. The summed E-state index contributed by atoms with van der Waals surface area (Å²) >= 11 is 5.92. The van der Waals surface area contributed by atoms with E-state index in [-0.39, 0.29) is 11.8 Å². The number of benzene rings is 3. The lowest BCUT2D eigenvalue weighted by atomic mass is 9.91.